The van der Waals surface area contributed by atoms with Crippen LogP contribution in [0, 0.1) is 23.7 Å². The molecule has 0 nitrogen and oxygen atoms in total. The zero-order valence-corrected chi connectivity index (χ0v) is 16.5. The Morgan fingerprint density at radius 2 is 1.31 bits per heavy atom. The van der Waals surface area contributed by atoms with E-state index >= 15 is 0 Å². The lowest BCUT2D eigenvalue weighted by Crippen LogP contribution is -2.58. The Balaban J connectivity index is 1.71. The van der Waals surface area contributed by atoms with Crippen LogP contribution in [0.15, 0.2) is 42.5 Å². The molecule has 0 unspecified atom stereocenters. The van der Waals surface area contributed by atoms with Crippen molar-refractivity contribution in [2.24, 2.45) is 23.7 Å². The van der Waals surface area contributed by atoms with Crippen molar-refractivity contribution in [1.29, 1.82) is 0 Å². The van der Waals surface area contributed by atoms with Crippen molar-refractivity contribution in [1.82, 2.24) is 0 Å². The number of hydrogen-bond acceptors (Lipinski definition) is 0. The van der Waals surface area contributed by atoms with E-state index in [-0.39, 0.29) is 10.8 Å². The van der Waals surface area contributed by atoms with E-state index in [0.29, 0.717) is 0 Å². The number of rotatable bonds is 0. The summed E-state index contributed by atoms with van der Waals surface area (Å²) in [7, 11) is 0. The topological polar surface area (TPSA) is 0 Å². The first kappa shape index (κ1) is 15.8. The fourth-order valence-electron chi connectivity index (χ4n) is 7.89. The molecule has 134 valence electrons. The quantitative estimate of drug-likeness (QED) is 0.487. The van der Waals surface area contributed by atoms with Gasteiger partial charge in [0.15, 0.2) is 0 Å². The van der Waals surface area contributed by atoms with Crippen molar-refractivity contribution in [2.75, 3.05) is 0 Å². The van der Waals surface area contributed by atoms with E-state index in [1.165, 1.54) is 37.7 Å². The molecule has 0 aliphatic heterocycles. The maximum absolute atomic E-state index is 6.59. The second-order valence-corrected chi connectivity index (χ2v) is 10.5. The SMILES string of the molecule is CC1(C)c2ccccc2C2(c3cc(Cl)ccc31)C1CC3CC(C1)CC2C3. The maximum Gasteiger partial charge on any atom is 0.0409 e. The van der Waals surface area contributed by atoms with E-state index in [4.69, 9.17) is 11.6 Å². The van der Waals surface area contributed by atoms with Crippen LogP contribution in [0.2, 0.25) is 5.02 Å². The van der Waals surface area contributed by atoms with E-state index in [9.17, 15) is 0 Å². The molecule has 2 aromatic rings. The zero-order chi connectivity index (χ0) is 17.7. The van der Waals surface area contributed by atoms with Gasteiger partial charge in [0, 0.05) is 15.9 Å². The van der Waals surface area contributed by atoms with Crippen LogP contribution in [0.4, 0.5) is 0 Å². The van der Waals surface area contributed by atoms with Crippen LogP contribution in [0.5, 0.6) is 0 Å². The van der Waals surface area contributed by atoms with Crippen LogP contribution < -0.4 is 0 Å². The van der Waals surface area contributed by atoms with Gasteiger partial charge in [0.1, 0.15) is 0 Å². The van der Waals surface area contributed by atoms with E-state index in [1.54, 1.807) is 16.7 Å². The maximum atomic E-state index is 6.59. The molecule has 4 saturated carbocycles. The summed E-state index contributed by atoms with van der Waals surface area (Å²) >= 11 is 6.59. The molecular weight excluding hydrogens is 336 g/mol. The molecule has 1 spiro atoms. The molecule has 2 aromatic carbocycles. The third-order valence-electron chi connectivity index (χ3n) is 8.57. The third-order valence-corrected chi connectivity index (χ3v) is 8.81. The lowest BCUT2D eigenvalue weighted by Gasteiger charge is -2.64. The minimum atomic E-state index is 0.0520. The molecule has 0 radical (unpaired) electrons. The van der Waals surface area contributed by atoms with Gasteiger partial charge < -0.3 is 0 Å². The number of benzene rings is 2. The van der Waals surface area contributed by atoms with Gasteiger partial charge in [0.25, 0.3) is 0 Å². The highest BCUT2D eigenvalue weighted by Crippen LogP contribution is 2.68. The van der Waals surface area contributed by atoms with Crippen LogP contribution in [-0.2, 0) is 10.8 Å². The lowest BCUT2D eigenvalue weighted by molar-refractivity contribution is -0.0443. The van der Waals surface area contributed by atoms with Crippen molar-refractivity contribution in [3.05, 3.63) is 69.7 Å². The smallest absolute Gasteiger partial charge is 0.0409 e. The summed E-state index contributed by atoms with van der Waals surface area (Å²) in [5, 5.41) is 0.909. The van der Waals surface area contributed by atoms with Gasteiger partial charge in [-0.25, -0.2) is 0 Å². The van der Waals surface area contributed by atoms with Crippen molar-refractivity contribution in [3.63, 3.8) is 0 Å². The first-order valence-electron chi connectivity index (χ1n) is 10.4. The van der Waals surface area contributed by atoms with Crippen LogP contribution in [0.3, 0.4) is 0 Å². The second kappa shape index (κ2) is 4.96. The molecule has 4 bridgehead atoms. The van der Waals surface area contributed by atoms with Gasteiger partial charge in [0.2, 0.25) is 0 Å². The highest BCUT2D eigenvalue weighted by molar-refractivity contribution is 6.30. The van der Waals surface area contributed by atoms with Crippen molar-refractivity contribution in [3.8, 4) is 0 Å². The molecule has 5 aliphatic carbocycles. The van der Waals surface area contributed by atoms with Crippen LogP contribution in [0.25, 0.3) is 0 Å². The third kappa shape index (κ3) is 1.73. The molecule has 0 saturated heterocycles. The molecule has 0 amide bonds. The Hall–Kier alpha value is -1.27. The van der Waals surface area contributed by atoms with Gasteiger partial charge in [-0.1, -0.05) is 55.8 Å². The van der Waals surface area contributed by atoms with Gasteiger partial charge in [-0.2, -0.15) is 0 Å². The van der Waals surface area contributed by atoms with Gasteiger partial charge in [0.05, 0.1) is 0 Å². The van der Waals surface area contributed by atoms with E-state index < -0.39 is 0 Å². The summed E-state index contributed by atoms with van der Waals surface area (Å²) in [6.07, 6.45) is 7.20. The molecule has 0 N–H and O–H groups in total. The van der Waals surface area contributed by atoms with Gasteiger partial charge in [-0.05, 0) is 90.2 Å². The Kier molecular flexibility index (Phi) is 3.00. The van der Waals surface area contributed by atoms with Gasteiger partial charge in [-0.15, -0.1) is 0 Å². The van der Waals surface area contributed by atoms with Crippen molar-refractivity contribution < 1.29 is 0 Å². The van der Waals surface area contributed by atoms with Crippen LogP contribution >= 0.6 is 11.6 Å². The van der Waals surface area contributed by atoms with Gasteiger partial charge >= 0.3 is 0 Å². The Morgan fingerprint density at radius 3 is 1.96 bits per heavy atom. The minimum Gasteiger partial charge on any atom is -0.0843 e. The summed E-state index contributed by atoms with van der Waals surface area (Å²) in [5.41, 5.74) is 6.54. The minimum absolute atomic E-state index is 0.0520. The Morgan fingerprint density at radius 1 is 0.731 bits per heavy atom. The fourth-order valence-corrected chi connectivity index (χ4v) is 8.06. The molecule has 7 rings (SSSR count). The van der Waals surface area contributed by atoms with E-state index in [0.717, 1.165) is 28.7 Å². The Labute approximate surface area is 162 Å². The lowest BCUT2D eigenvalue weighted by atomic mass is 9.39. The highest BCUT2D eigenvalue weighted by Gasteiger charge is 2.61. The first-order valence-corrected chi connectivity index (χ1v) is 10.8. The molecule has 26 heavy (non-hydrogen) atoms. The van der Waals surface area contributed by atoms with Crippen LogP contribution in [-0.4, -0.2) is 0 Å². The normalized spacial score (nSPS) is 38.3. The van der Waals surface area contributed by atoms with E-state index in [2.05, 4.69) is 56.3 Å². The fraction of sp³-hybridized carbons (Fsp3) is 0.520. The highest BCUT2D eigenvalue weighted by atomic mass is 35.5. The standard InChI is InChI=1S/C25H27Cl/c1-24(2)20-5-3-4-6-22(20)25(23-14-19(26)7-8-21(23)24)17-10-15-9-16(12-17)13-18(25)11-15/h3-8,14-18H,9-13H2,1-2H3. The summed E-state index contributed by atoms with van der Waals surface area (Å²) < 4.78 is 0. The molecule has 0 heterocycles. The molecule has 1 heteroatoms. The molecule has 0 aromatic heterocycles. The second-order valence-electron chi connectivity index (χ2n) is 10.0. The predicted octanol–water partition coefficient (Wildman–Crippen LogP) is 6.72. The molecule has 4 fully saturated rings. The average Bonchev–Trinajstić information content (AvgIpc) is 2.61. The molecule has 5 aliphatic rings. The number of halogens is 1. The number of fused-ring (bicyclic) bond motifs is 2. The molecular formula is C25H27Cl. The Bertz CT molecular complexity index is 878. The molecule has 0 atom stereocenters. The van der Waals surface area contributed by atoms with Crippen LogP contribution in [0.1, 0.15) is 68.2 Å². The zero-order valence-electron chi connectivity index (χ0n) is 15.8. The first-order chi connectivity index (χ1) is 12.5. The average molecular weight is 363 g/mol. The summed E-state index contributed by atoms with van der Waals surface area (Å²) in [6.45, 7) is 4.81. The summed E-state index contributed by atoms with van der Waals surface area (Å²) in [5.74, 6) is 3.56. The van der Waals surface area contributed by atoms with E-state index in [1.807, 2.05) is 0 Å². The van der Waals surface area contributed by atoms with Gasteiger partial charge in [-0.3, -0.25) is 0 Å². The van der Waals surface area contributed by atoms with Crippen molar-refractivity contribution >= 4 is 11.6 Å². The monoisotopic (exact) mass is 362 g/mol. The summed E-state index contributed by atoms with van der Waals surface area (Å²) in [6, 6.07) is 16.2. The summed E-state index contributed by atoms with van der Waals surface area (Å²) in [4.78, 5) is 0. The number of hydrogen-bond donors (Lipinski definition) is 0. The largest absolute Gasteiger partial charge is 0.0843 e. The van der Waals surface area contributed by atoms with Crippen molar-refractivity contribution in [2.45, 2.75) is 56.8 Å². The predicted molar refractivity (Wildman–Crippen MR) is 108 cm³/mol.